The van der Waals surface area contributed by atoms with Crippen molar-refractivity contribution in [2.75, 3.05) is 13.1 Å². The van der Waals surface area contributed by atoms with Gasteiger partial charge in [0.05, 0.1) is 5.69 Å². The van der Waals surface area contributed by atoms with Gasteiger partial charge in [-0.2, -0.15) is 5.10 Å². The summed E-state index contributed by atoms with van der Waals surface area (Å²) in [5, 5.41) is 12.8. The highest BCUT2D eigenvalue weighted by molar-refractivity contribution is 5.90. The molecule has 0 unspecified atom stereocenters. The average Bonchev–Trinajstić information content (AvgIpc) is 3.23. The SMILES string of the molecule is Cc1noc(C)c1CN1C[C@@H](F)C[C@H]1CNC(=O)c1ncn[nH]1. The van der Waals surface area contributed by atoms with Gasteiger partial charge in [-0.25, -0.2) is 9.37 Å². The van der Waals surface area contributed by atoms with Crippen LogP contribution >= 0.6 is 0 Å². The molecule has 3 heterocycles. The summed E-state index contributed by atoms with van der Waals surface area (Å²) in [7, 11) is 0. The molecule has 0 bridgehead atoms. The van der Waals surface area contributed by atoms with E-state index in [1.54, 1.807) is 0 Å². The Labute approximate surface area is 132 Å². The van der Waals surface area contributed by atoms with Gasteiger partial charge in [0.2, 0.25) is 5.82 Å². The number of aromatic amines is 1. The number of aryl methyl sites for hydroxylation is 2. The molecule has 2 aromatic heterocycles. The fourth-order valence-electron chi connectivity index (χ4n) is 2.87. The normalized spacial score (nSPS) is 21.7. The Morgan fingerprint density at radius 3 is 3.04 bits per heavy atom. The summed E-state index contributed by atoms with van der Waals surface area (Å²) in [5.41, 5.74) is 1.79. The highest BCUT2D eigenvalue weighted by Gasteiger charge is 2.33. The zero-order valence-corrected chi connectivity index (χ0v) is 13.0. The first-order valence-electron chi connectivity index (χ1n) is 7.48. The van der Waals surface area contributed by atoms with Crippen molar-refractivity contribution in [3.05, 3.63) is 29.2 Å². The van der Waals surface area contributed by atoms with Crippen LogP contribution in [0.15, 0.2) is 10.9 Å². The molecule has 9 heteroatoms. The lowest BCUT2D eigenvalue weighted by molar-refractivity contribution is 0.0929. The number of nitrogens with one attached hydrogen (secondary N) is 2. The van der Waals surface area contributed by atoms with E-state index in [9.17, 15) is 9.18 Å². The van der Waals surface area contributed by atoms with Crippen molar-refractivity contribution in [3.8, 4) is 0 Å². The number of aromatic nitrogens is 4. The van der Waals surface area contributed by atoms with Gasteiger partial charge in [-0.1, -0.05) is 5.16 Å². The highest BCUT2D eigenvalue weighted by atomic mass is 19.1. The van der Waals surface area contributed by atoms with E-state index in [1.165, 1.54) is 6.33 Å². The van der Waals surface area contributed by atoms with Crippen molar-refractivity contribution in [1.29, 1.82) is 0 Å². The molecular formula is C14H19FN6O2. The predicted octanol–water partition coefficient (Wildman–Crippen LogP) is 0.752. The Balaban J connectivity index is 1.62. The largest absolute Gasteiger partial charge is 0.361 e. The van der Waals surface area contributed by atoms with E-state index in [1.807, 2.05) is 18.7 Å². The molecule has 0 aliphatic carbocycles. The Morgan fingerprint density at radius 1 is 1.57 bits per heavy atom. The summed E-state index contributed by atoms with van der Waals surface area (Å²) in [4.78, 5) is 17.7. The summed E-state index contributed by atoms with van der Waals surface area (Å²) in [5.74, 6) is 0.549. The minimum atomic E-state index is -0.900. The fraction of sp³-hybridized carbons (Fsp3) is 0.571. The van der Waals surface area contributed by atoms with Crippen molar-refractivity contribution in [1.82, 2.24) is 30.6 Å². The number of H-pyrrole nitrogens is 1. The molecule has 0 saturated carbocycles. The van der Waals surface area contributed by atoms with Gasteiger partial charge in [0.25, 0.3) is 5.91 Å². The fourth-order valence-corrected chi connectivity index (χ4v) is 2.87. The van der Waals surface area contributed by atoms with Crippen LogP contribution in [0.1, 0.15) is 34.1 Å². The number of likely N-dealkylation sites (tertiary alicyclic amines) is 1. The van der Waals surface area contributed by atoms with Crippen LogP contribution in [0, 0.1) is 13.8 Å². The molecule has 1 fully saturated rings. The summed E-state index contributed by atoms with van der Waals surface area (Å²) in [6.45, 7) is 4.97. The molecule has 2 N–H and O–H groups in total. The number of nitrogens with zero attached hydrogens (tertiary/aromatic N) is 4. The van der Waals surface area contributed by atoms with Crippen molar-refractivity contribution in [2.45, 2.75) is 39.0 Å². The van der Waals surface area contributed by atoms with Crippen LogP contribution in [0.2, 0.25) is 0 Å². The van der Waals surface area contributed by atoms with E-state index >= 15 is 0 Å². The van der Waals surface area contributed by atoms with Crippen LogP contribution in [-0.2, 0) is 6.54 Å². The molecule has 0 radical (unpaired) electrons. The molecule has 1 aliphatic rings. The van der Waals surface area contributed by atoms with Gasteiger partial charge in [-0.3, -0.25) is 14.8 Å². The lowest BCUT2D eigenvalue weighted by atomic mass is 10.1. The van der Waals surface area contributed by atoms with Crippen molar-refractivity contribution in [2.24, 2.45) is 0 Å². The molecule has 23 heavy (non-hydrogen) atoms. The summed E-state index contributed by atoms with van der Waals surface area (Å²) < 4.78 is 19.0. The van der Waals surface area contributed by atoms with E-state index in [0.29, 0.717) is 26.1 Å². The van der Waals surface area contributed by atoms with E-state index in [2.05, 4.69) is 25.7 Å². The maximum Gasteiger partial charge on any atom is 0.288 e. The first kappa shape index (κ1) is 15.6. The second kappa shape index (κ2) is 6.45. The standard InChI is InChI=1S/C14H19FN6O2/c1-8-12(9(2)23-20-8)6-21-5-10(15)3-11(21)4-16-14(22)13-17-7-18-19-13/h7,10-11H,3-6H2,1-2H3,(H,16,22)(H,17,18,19)/t10-,11-/m0/s1. The minimum absolute atomic E-state index is 0.0782. The van der Waals surface area contributed by atoms with Gasteiger partial charge >= 0.3 is 0 Å². The third-order valence-corrected chi connectivity index (χ3v) is 4.15. The molecule has 1 saturated heterocycles. The molecule has 124 valence electrons. The summed E-state index contributed by atoms with van der Waals surface area (Å²) in [6.07, 6.45) is 0.758. The first-order valence-corrected chi connectivity index (χ1v) is 7.48. The summed E-state index contributed by atoms with van der Waals surface area (Å²) in [6, 6.07) is -0.0782. The van der Waals surface area contributed by atoms with Gasteiger partial charge in [0.15, 0.2) is 0 Å². The Hall–Kier alpha value is -2.29. The zero-order chi connectivity index (χ0) is 16.4. The molecule has 8 nitrogen and oxygen atoms in total. The Kier molecular flexibility index (Phi) is 4.37. The third kappa shape index (κ3) is 3.39. The molecule has 3 rings (SSSR count). The van der Waals surface area contributed by atoms with Crippen LogP contribution in [0.5, 0.6) is 0 Å². The minimum Gasteiger partial charge on any atom is -0.361 e. The Morgan fingerprint density at radius 2 is 2.39 bits per heavy atom. The first-order chi connectivity index (χ1) is 11.0. The molecule has 1 aliphatic heterocycles. The van der Waals surface area contributed by atoms with Crippen LogP contribution in [0.25, 0.3) is 0 Å². The Bertz CT molecular complexity index is 651. The summed E-state index contributed by atoms with van der Waals surface area (Å²) >= 11 is 0. The number of hydrogen-bond donors (Lipinski definition) is 2. The smallest absolute Gasteiger partial charge is 0.288 e. The monoisotopic (exact) mass is 322 g/mol. The molecule has 2 aromatic rings. The lowest BCUT2D eigenvalue weighted by Crippen LogP contribution is -2.40. The second-order valence-electron chi connectivity index (χ2n) is 5.76. The second-order valence-corrected chi connectivity index (χ2v) is 5.76. The van der Waals surface area contributed by atoms with Crippen molar-refractivity contribution >= 4 is 5.91 Å². The number of alkyl halides is 1. The van der Waals surface area contributed by atoms with Gasteiger partial charge in [-0.05, 0) is 20.3 Å². The van der Waals surface area contributed by atoms with Crippen LogP contribution in [-0.4, -0.2) is 56.4 Å². The van der Waals surface area contributed by atoms with E-state index in [-0.39, 0.29) is 17.8 Å². The quantitative estimate of drug-likeness (QED) is 0.843. The number of rotatable bonds is 5. The van der Waals surface area contributed by atoms with E-state index in [4.69, 9.17) is 4.52 Å². The highest BCUT2D eigenvalue weighted by Crippen LogP contribution is 2.24. The van der Waals surface area contributed by atoms with Gasteiger partial charge < -0.3 is 9.84 Å². The molecule has 2 atom stereocenters. The van der Waals surface area contributed by atoms with Gasteiger partial charge in [-0.15, -0.1) is 0 Å². The molecule has 0 aromatic carbocycles. The van der Waals surface area contributed by atoms with Crippen LogP contribution in [0.3, 0.4) is 0 Å². The van der Waals surface area contributed by atoms with Crippen LogP contribution < -0.4 is 5.32 Å². The maximum absolute atomic E-state index is 13.8. The number of carbonyl (C=O) groups is 1. The molecule has 1 amide bonds. The number of carbonyl (C=O) groups excluding carboxylic acids is 1. The van der Waals surface area contributed by atoms with E-state index in [0.717, 1.165) is 17.0 Å². The molecular weight excluding hydrogens is 303 g/mol. The number of amides is 1. The third-order valence-electron chi connectivity index (χ3n) is 4.15. The van der Waals surface area contributed by atoms with E-state index < -0.39 is 6.17 Å². The van der Waals surface area contributed by atoms with Gasteiger partial charge in [0.1, 0.15) is 18.3 Å². The average molecular weight is 322 g/mol. The number of hydrogen-bond acceptors (Lipinski definition) is 6. The zero-order valence-electron chi connectivity index (χ0n) is 13.0. The number of halogens is 1. The maximum atomic E-state index is 13.8. The van der Waals surface area contributed by atoms with Crippen molar-refractivity contribution < 1.29 is 13.7 Å². The topological polar surface area (TPSA) is 99.9 Å². The lowest BCUT2D eigenvalue weighted by Gasteiger charge is -2.24. The predicted molar refractivity (Wildman–Crippen MR) is 78.4 cm³/mol. The van der Waals surface area contributed by atoms with Gasteiger partial charge in [0, 0.05) is 31.2 Å². The molecule has 0 spiro atoms. The van der Waals surface area contributed by atoms with Crippen molar-refractivity contribution in [3.63, 3.8) is 0 Å². The van der Waals surface area contributed by atoms with Crippen LogP contribution in [0.4, 0.5) is 4.39 Å².